The molecule has 0 saturated heterocycles. The number of rotatable bonds is 12. The molecule has 0 radical (unpaired) electrons. The van der Waals surface area contributed by atoms with E-state index in [1.807, 2.05) is 6.07 Å². The third-order valence-corrected chi connectivity index (χ3v) is 8.37. The van der Waals surface area contributed by atoms with Gasteiger partial charge in [-0.15, -0.1) is 0 Å². The average molecular weight is 644 g/mol. The topological polar surface area (TPSA) is 130 Å². The van der Waals surface area contributed by atoms with Gasteiger partial charge in [0.15, 0.2) is 0 Å². The van der Waals surface area contributed by atoms with Crippen molar-refractivity contribution in [3.05, 3.63) is 82.0 Å². The van der Waals surface area contributed by atoms with Gasteiger partial charge >= 0.3 is 22.6 Å². The van der Waals surface area contributed by atoms with E-state index < -0.39 is 40.1 Å². The summed E-state index contributed by atoms with van der Waals surface area (Å²) >= 11 is 6.15. The molecular formula is C28H29ClF3N3O7S. The highest BCUT2D eigenvalue weighted by molar-refractivity contribution is 7.84. The summed E-state index contributed by atoms with van der Waals surface area (Å²) in [7, 11) is -3.02. The van der Waals surface area contributed by atoms with Crippen LogP contribution >= 0.6 is 11.6 Å². The molecule has 43 heavy (non-hydrogen) atoms. The second-order valence-corrected chi connectivity index (χ2v) is 11.5. The third-order valence-electron chi connectivity index (χ3n) is 6.71. The van der Waals surface area contributed by atoms with Gasteiger partial charge < -0.3 is 24.1 Å². The molecule has 15 heteroatoms. The van der Waals surface area contributed by atoms with Crippen LogP contribution in [-0.2, 0) is 25.4 Å². The molecule has 0 aliphatic heterocycles. The Labute approximate surface area is 251 Å². The van der Waals surface area contributed by atoms with Gasteiger partial charge in [-0.25, -0.2) is 9.78 Å². The molecule has 1 aromatic heterocycles. The monoisotopic (exact) mass is 643 g/mol. The number of alkyl halides is 3. The van der Waals surface area contributed by atoms with Gasteiger partial charge in [0.2, 0.25) is 5.88 Å². The zero-order valence-electron chi connectivity index (χ0n) is 23.1. The molecule has 10 nitrogen and oxygen atoms in total. The van der Waals surface area contributed by atoms with Crippen molar-refractivity contribution in [1.29, 1.82) is 0 Å². The molecule has 3 aromatic rings. The SMILES string of the molecule is CCCN(C1CC(c2ccc(OCCOC)cc2Oc2ncc(C(F)(F)F)cc2Cl)c2ccccc21)S(=O)(=O)OC(N)=O. The predicted molar refractivity (Wildman–Crippen MR) is 150 cm³/mol. The fourth-order valence-electron chi connectivity index (χ4n) is 4.95. The minimum Gasteiger partial charge on any atom is -0.491 e. The number of hydrogen-bond donors (Lipinski definition) is 1. The smallest absolute Gasteiger partial charge is 0.421 e. The normalized spacial score (nSPS) is 16.6. The number of fused-ring (bicyclic) bond motifs is 1. The first kappa shape index (κ1) is 32.3. The molecule has 2 N–H and O–H groups in total. The predicted octanol–water partition coefficient (Wildman–Crippen LogP) is 6.20. The Morgan fingerprint density at radius 1 is 1.12 bits per heavy atom. The lowest BCUT2D eigenvalue weighted by Crippen LogP contribution is -2.38. The number of ether oxygens (including phenoxy) is 3. The number of halogens is 4. The number of aromatic nitrogens is 1. The van der Waals surface area contributed by atoms with E-state index in [9.17, 15) is 26.4 Å². The van der Waals surface area contributed by atoms with E-state index in [1.54, 1.807) is 43.3 Å². The molecule has 0 spiro atoms. The highest BCUT2D eigenvalue weighted by Gasteiger charge is 2.42. The van der Waals surface area contributed by atoms with E-state index in [-0.39, 0.29) is 36.2 Å². The van der Waals surface area contributed by atoms with E-state index in [0.717, 1.165) is 15.9 Å². The summed E-state index contributed by atoms with van der Waals surface area (Å²) in [5.41, 5.74) is 6.01. The zero-order valence-corrected chi connectivity index (χ0v) is 24.7. The van der Waals surface area contributed by atoms with Crippen molar-refractivity contribution >= 4 is 28.0 Å². The molecule has 4 rings (SSSR count). The molecule has 1 aliphatic carbocycles. The standard InChI is InChI=1S/C28H29ClF3N3O7S/c1-3-10-35(43(37,38)42-27(33)36)24-15-22(19-6-4-5-7-20(19)24)21-9-8-18(40-12-11-39-2)14-25(21)41-26-23(29)13-17(16-34-26)28(30,31)32/h4-9,13-14,16,22,24H,3,10-12,15H2,1-2H3,(H2,33,36). The molecule has 2 atom stereocenters. The van der Waals surface area contributed by atoms with Crippen LogP contribution in [-0.4, -0.2) is 50.7 Å². The molecular weight excluding hydrogens is 615 g/mol. The van der Waals surface area contributed by atoms with Crippen molar-refractivity contribution in [2.45, 2.75) is 37.9 Å². The minimum absolute atomic E-state index is 0.0437. The number of primary amides is 1. The van der Waals surface area contributed by atoms with Crippen molar-refractivity contribution in [3.8, 4) is 17.4 Å². The van der Waals surface area contributed by atoms with Gasteiger partial charge in [0.25, 0.3) is 0 Å². The number of carbonyl (C=O) groups excluding carboxylic acids is 1. The van der Waals surface area contributed by atoms with Crippen molar-refractivity contribution in [3.63, 3.8) is 0 Å². The first-order chi connectivity index (χ1) is 20.4. The number of nitrogens with zero attached hydrogens (tertiary/aromatic N) is 2. The number of benzene rings is 2. The molecule has 0 fully saturated rings. The number of hydrogen-bond acceptors (Lipinski definition) is 8. The molecule has 0 saturated carbocycles. The number of carbonyl (C=O) groups is 1. The maximum Gasteiger partial charge on any atom is 0.421 e. The van der Waals surface area contributed by atoms with Crippen molar-refractivity contribution in [2.75, 3.05) is 26.9 Å². The summed E-state index contributed by atoms with van der Waals surface area (Å²) in [5.74, 6) is -0.159. The Morgan fingerprint density at radius 2 is 1.84 bits per heavy atom. The molecule has 232 valence electrons. The Balaban J connectivity index is 1.78. The maximum absolute atomic E-state index is 13.2. The van der Waals surface area contributed by atoms with Crippen molar-refractivity contribution in [1.82, 2.24) is 9.29 Å². The van der Waals surface area contributed by atoms with Crippen LogP contribution in [0.15, 0.2) is 54.7 Å². The summed E-state index contributed by atoms with van der Waals surface area (Å²) < 4.78 is 88.0. The summed E-state index contributed by atoms with van der Waals surface area (Å²) in [4.78, 5) is 15.2. The van der Waals surface area contributed by atoms with Crippen LogP contribution in [0, 0.1) is 0 Å². The van der Waals surface area contributed by atoms with Gasteiger partial charge in [-0.3, -0.25) is 0 Å². The fourth-order valence-corrected chi connectivity index (χ4v) is 6.38. The highest BCUT2D eigenvalue weighted by atomic mass is 35.5. The molecule has 2 aromatic carbocycles. The number of amides is 1. The Hall–Kier alpha value is -3.59. The highest BCUT2D eigenvalue weighted by Crippen LogP contribution is 2.51. The second-order valence-electron chi connectivity index (χ2n) is 9.56. The fraction of sp³-hybridized carbons (Fsp3) is 0.357. The van der Waals surface area contributed by atoms with Crippen LogP contribution in [0.4, 0.5) is 18.0 Å². The second kappa shape index (κ2) is 13.4. The van der Waals surface area contributed by atoms with Crippen LogP contribution in [0.3, 0.4) is 0 Å². The van der Waals surface area contributed by atoms with E-state index in [0.29, 0.717) is 36.1 Å². The quantitative estimate of drug-likeness (QED) is 0.231. The van der Waals surface area contributed by atoms with Gasteiger partial charge in [-0.05, 0) is 36.1 Å². The van der Waals surface area contributed by atoms with E-state index >= 15 is 0 Å². The summed E-state index contributed by atoms with van der Waals surface area (Å²) in [6, 6.07) is 12.1. The van der Waals surface area contributed by atoms with Gasteiger partial charge in [-0.1, -0.05) is 48.9 Å². The summed E-state index contributed by atoms with van der Waals surface area (Å²) in [6.07, 6.45) is -4.85. The van der Waals surface area contributed by atoms with Crippen LogP contribution in [0.1, 0.15) is 54.0 Å². The van der Waals surface area contributed by atoms with Crippen molar-refractivity contribution < 1.29 is 44.8 Å². The molecule has 0 bridgehead atoms. The van der Waals surface area contributed by atoms with Crippen LogP contribution < -0.4 is 15.2 Å². The molecule has 1 amide bonds. The van der Waals surface area contributed by atoms with Crippen LogP contribution in [0.2, 0.25) is 5.02 Å². The van der Waals surface area contributed by atoms with E-state index in [1.165, 1.54) is 7.11 Å². The molecule has 2 unspecified atom stereocenters. The van der Waals surface area contributed by atoms with Crippen LogP contribution in [0.25, 0.3) is 0 Å². The van der Waals surface area contributed by atoms with Gasteiger partial charge in [0, 0.05) is 37.4 Å². The van der Waals surface area contributed by atoms with E-state index in [2.05, 4.69) is 9.17 Å². The Bertz CT molecular complexity index is 1570. The number of nitrogens with two attached hydrogens (primary N) is 1. The lowest BCUT2D eigenvalue weighted by Gasteiger charge is -2.27. The lowest BCUT2D eigenvalue weighted by molar-refractivity contribution is -0.137. The summed E-state index contributed by atoms with van der Waals surface area (Å²) in [5, 5.41) is -0.361. The summed E-state index contributed by atoms with van der Waals surface area (Å²) in [6.45, 7) is 2.34. The van der Waals surface area contributed by atoms with Gasteiger partial charge in [-0.2, -0.15) is 25.9 Å². The Morgan fingerprint density at radius 3 is 2.47 bits per heavy atom. The average Bonchev–Trinajstić information content (AvgIpc) is 3.30. The Kier molecular flexibility index (Phi) is 10.1. The zero-order chi connectivity index (χ0) is 31.4. The maximum atomic E-state index is 13.2. The van der Waals surface area contributed by atoms with Gasteiger partial charge in [0.05, 0.1) is 18.2 Å². The number of methoxy groups -OCH3 is 1. The van der Waals surface area contributed by atoms with E-state index in [4.69, 9.17) is 31.5 Å². The van der Waals surface area contributed by atoms with Crippen LogP contribution in [0.5, 0.6) is 17.4 Å². The number of pyridine rings is 1. The molecule has 1 aliphatic rings. The minimum atomic E-state index is -4.65. The first-order valence-electron chi connectivity index (χ1n) is 13.1. The van der Waals surface area contributed by atoms with Gasteiger partial charge in [0.1, 0.15) is 23.1 Å². The lowest BCUT2D eigenvalue weighted by atomic mass is 9.92. The molecule has 1 heterocycles. The first-order valence-corrected chi connectivity index (χ1v) is 14.9. The van der Waals surface area contributed by atoms with Crippen molar-refractivity contribution in [2.24, 2.45) is 5.73 Å². The third kappa shape index (κ3) is 7.50. The largest absolute Gasteiger partial charge is 0.491 e.